The molecule has 10 unspecified atom stereocenters. The van der Waals surface area contributed by atoms with Crippen LogP contribution in [0.2, 0.25) is 0 Å². The first-order valence-corrected chi connectivity index (χ1v) is 10.4. The molecule has 2 fully saturated rings. The van der Waals surface area contributed by atoms with Crippen LogP contribution in [0, 0.1) is 0 Å². The topological polar surface area (TPSA) is 158 Å². The Bertz CT molecular complexity index is 609. The fourth-order valence-corrected chi connectivity index (χ4v) is 3.39. The van der Waals surface area contributed by atoms with Gasteiger partial charge in [0.15, 0.2) is 12.6 Å². The maximum Gasteiger partial charge on any atom is 0.187 e. The maximum atomic E-state index is 10.3. The number of allylic oxidation sites excluding steroid dienone is 2. The first kappa shape index (κ1) is 26.3. The molecule has 0 radical (unpaired) electrons. The van der Waals surface area contributed by atoms with Crippen molar-refractivity contribution in [2.75, 3.05) is 13.2 Å². The zero-order valence-electron chi connectivity index (χ0n) is 18.2. The van der Waals surface area contributed by atoms with Crippen LogP contribution in [-0.4, -0.2) is 105 Å². The summed E-state index contributed by atoms with van der Waals surface area (Å²) >= 11 is 0. The van der Waals surface area contributed by atoms with Crippen LogP contribution in [0.4, 0.5) is 0 Å². The van der Waals surface area contributed by atoms with E-state index < -0.39 is 60.9 Å². The molecule has 2 heterocycles. The lowest BCUT2D eigenvalue weighted by molar-refractivity contribution is -0.333. The van der Waals surface area contributed by atoms with Gasteiger partial charge in [-0.05, 0) is 33.6 Å². The van der Waals surface area contributed by atoms with E-state index in [0.29, 0.717) is 12.8 Å². The standard InChI is InChI=1S/C21H36O10/c1-5-21(4,8-6-7-11(2)3)31-20-18(27)16(25)15(24)13(30-20)10-29-19-17(26)14(23)12(22)9-28-19/h5,7,12-20,22-27H,1,6,8-10H2,2-4H3. The molecule has 0 aromatic carbocycles. The Morgan fingerprint density at radius 3 is 2.26 bits per heavy atom. The Hall–Kier alpha value is -0.920. The van der Waals surface area contributed by atoms with Gasteiger partial charge in [-0.3, -0.25) is 0 Å². The highest BCUT2D eigenvalue weighted by Gasteiger charge is 2.47. The highest BCUT2D eigenvalue weighted by atomic mass is 16.7. The van der Waals surface area contributed by atoms with Crippen LogP contribution < -0.4 is 0 Å². The number of ether oxygens (including phenoxy) is 4. The summed E-state index contributed by atoms with van der Waals surface area (Å²) in [6.07, 6.45) is -7.54. The molecule has 2 saturated heterocycles. The van der Waals surface area contributed by atoms with Gasteiger partial charge in [0.2, 0.25) is 0 Å². The van der Waals surface area contributed by atoms with E-state index in [1.165, 1.54) is 0 Å². The maximum absolute atomic E-state index is 10.3. The van der Waals surface area contributed by atoms with E-state index >= 15 is 0 Å². The van der Waals surface area contributed by atoms with E-state index in [0.717, 1.165) is 5.57 Å². The number of hydrogen-bond acceptors (Lipinski definition) is 10. The predicted molar refractivity (Wildman–Crippen MR) is 109 cm³/mol. The van der Waals surface area contributed by atoms with E-state index in [1.54, 1.807) is 13.0 Å². The molecule has 6 N–H and O–H groups in total. The summed E-state index contributed by atoms with van der Waals surface area (Å²) in [6, 6.07) is 0. The summed E-state index contributed by atoms with van der Waals surface area (Å²) in [5.41, 5.74) is 0.286. The average molecular weight is 449 g/mol. The van der Waals surface area contributed by atoms with Crippen LogP contribution in [0.15, 0.2) is 24.3 Å². The number of aliphatic hydroxyl groups excluding tert-OH is 6. The lowest BCUT2D eigenvalue weighted by atomic mass is 9.96. The molecule has 2 aliphatic rings. The fraction of sp³-hybridized carbons (Fsp3) is 0.810. The van der Waals surface area contributed by atoms with Crippen molar-refractivity contribution in [1.82, 2.24) is 0 Å². The zero-order chi connectivity index (χ0) is 23.3. The van der Waals surface area contributed by atoms with Gasteiger partial charge in [-0.15, -0.1) is 6.58 Å². The molecule has 2 rings (SSSR count). The normalized spacial score (nSPS) is 40.7. The largest absolute Gasteiger partial charge is 0.388 e. The molecular weight excluding hydrogens is 412 g/mol. The molecule has 0 spiro atoms. The molecule has 0 aromatic rings. The number of rotatable bonds is 9. The van der Waals surface area contributed by atoms with E-state index in [2.05, 4.69) is 6.58 Å². The van der Waals surface area contributed by atoms with Gasteiger partial charge in [0.1, 0.15) is 42.7 Å². The average Bonchev–Trinajstić information content (AvgIpc) is 2.72. The SMILES string of the molecule is C=CC(C)(CCC=C(C)C)OC1OC(COC2OCC(O)C(O)C2O)C(O)C(O)C1O. The van der Waals surface area contributed by atoms with E-state index in [-0.39, 0.29) is 13.2 Å². The highest BCUT2D eigenvalue weighted by Crippen LogP contribution is 2.30. The van der Waals surface area contributed by atoms with E-state index in [9.17, 15) is 30.6 Å². The van der Waals surface area contributed by atoms with E-state index in [1.807, 2.05) is 19.9 Å². The van der Waals surface area contributed by atoms with Crippen LogP contribution in [0.5, 0.6) is 0 Å². The van der Waals surface area contributed by atoms with Gasteiger partial charge < -0.3 is 49.6 Å². The minimum Gasteiger partial charge on any atom is -0.388 e. The molecule has 31 heavy (non-hydrogen) atoms. The van der Waals surface area contributed by atoms with Gasteiger partial charge in [0.05, 0.1) is 18.8 Å². The molecular formula is C21H36O10. The van der Waals surface area contributed by atoms with Crippen molar-refractivity contribution in [2.45, 2.75) is 94.5 Å². The number of aliphatic hydroxyl groups is 6. The second kappa shape index (κ2) is 11.3. The molecule has 10 atom stereocenters. The first-order valence-electron chi connectivity index (χ1n) is 10.4. The molecule has 10 heteroatoms. The minimum absolute atomic E-state index is 0.243. The third-order valence-corrected chi connectivity index (χ3v) is 5.56. The van der Waals surface area contributed by atoms with Crippen LogP contribution in [0.1, 0.15) is 33.6 Å². The van der Waals surface area contributed by atoms with Crippen LogP contribution in [-0.2, 0) is 18.9 Å². The third-order valence-electron chi connectivity index (χ3n) is 5.56. The first-order chi connectivity index (χ1) is 14.5. The Morgan fingerprint density at radius 1 is 1.00 bits per heavy atom. The van der Waals surface area contributed by atoms with Gasteiger partial charge in [0, 0.05) is 0 Å². The van der Waals surface area contributed by atoms with Gasteiger partial charge >= 0.3 is 0 Å². The Labute approximate surface area is 182 Å². The Kier molecular flexibility index (Phi) is 9.58. The third kappa shape index (κ3) is 6.78. The lowest BCUT2D eigenvalue weighted by Crippen LogP contribution is -2.61. The van der Waals surface area contributed by atoms with Gasteiger partial charge in [-0.25, -0.2) is 0 Å². The number of hydrogen-bond donors (Lipinski definition) is 6. The van der Waals surface area contributed by atoms with Crippen molar-refractivity contribution in [2.24, 2.45) is 0 Å². The van der Waals surface area contributed by atoms with E-state index in [4.69, 9.17) is 18.9 Å². The summed E-state index contributed by atoms with van der Waals surface area (Å²) in [4.78, 5) is 0. The predicted octanol–water partition coefficient (Wildman–Crippen LogP) is -1.04. The second-order valence-corrected chi connectivity index (χ2v) is 8.55. The molecule has 0 saturated carbocycles. The van der Waals surface area contributed by atoms with Crippen molar-refractivity contribution in [1.29, 1.82) is 0 Å². The molecule has 0 amide bonds. The molecule has 10 nitrogen and oxygen atoms in total. The van der Waals surface area contributed by atoms with Gasteiger partial charge in [-0.1, -0.05) is 17.7 Å². The van der Waals surface area contributed by atoms with Gasteiger partial charge in [0.25, 0.3) is 0 Å². The summed E-state index contributed by atoms with van der Waals surface area (Å²) in [7, 11) is 0. The molecule has 2 aliphatic heterocycles. The molecule has 180 valence electrons. The van der Waals surface area contributed by atoms with Crippen molar-refractivity contribution in [3.05, 3.63) is 24.3 Å². The van der Waals surface area contributed by atoms with Crippen molar-refractivity contribution < 1.29 is 49.6 Å². The van der Waals surface area contributed by atoms with Gasteiger partial charge in [-0.2, -0.15) is 0 Å². The minimum atomic E-state index is -1.57. The highest BCUT2D eigenvalue weighted by molar-refractivity contribution is 5.00. The van der Waals surface area contributed by atoms with Crippen molar-refractivity contribution in [3.8, 4) is 0 Å². The summed E-state index contributed by atoms with van der Waals surface area (Å²) in [5.74, 6) is 0. The Morgan fingerprint density at radius 2 is 1.65 bits per heavy atom. The zero-order valence-corrected chi connectivity index (χ0v) is 18.2. The second-order valence-electron chi connectivity index (χ2n) is 8.55. The van der Waals surface area contributed by atoms with Crippen LogP contribution in [0.25, 0.3) is 0 Å². The molecule has 0 bridgehead atoms. The summed E-state index contributed by atoms with van der Waals surface area (Å²) < 4.78 is 22.1. The monoisotopic (exact) mass is 448 g/mol. The lowest BCUT2D eigenvalue weighted by Gasteiger charge is -2.43. The summed E-state index contributed by atoms with van der Waals surface area (Å²) in [5, 5.41) is 60.1. The molecule has 0 aromatic heterocycles. The summed E-state index contributed by atoms with van der Waals surface area (Å²) in [6.45, 7) is 8.94. The molecule has 0 aliphatic carbocycles. The van der Waals surface area contributed by atoms with Crippen LogP contribution >= 0.6 is 0 Å². The smallest absolute Gasteiger partial charge is 0.187 e. The Balaban J connectivity index is 2.01. The fourth-order valence-electron chi connectivity index (χ4n) is 3.39. The van der Waals surface area contributed by atoms with Crippen molar-refractivity contribution in [3.63, 3.8) is 0 Å². The quantitative estimate of drug-likeness (QED) is 0.241. The van der Waals surface area contributed by atoms with Crippen LogP contribution in [0.3, 0.4) is 0 Å². The van der Waals surface area contributed by atoms with Crippen molar-refractivity contribution >= 4 is 0 Å².